The lowest BCUT2D eigenvalue weighted by atomic mass is 9.99. The minimum atomic E-state index is -0.152. The number of hydrogen-bond donors (Lipinski definition) is 0. The lowest BCUT2D eigenvalue weighted by molar-refractivity contribution is 0.398. The fourth-order valence-electron chi connectivity index (χ4n) is 2.23. The van der Waals surface area contributed by atoms with Crippen molar-refractivity contribution < 1.29 is 9.47 Å². The second kappa shape index (κ2) is 6.67. The summed E-state index contributed by atoms with van der Waals surface area (Å²) in [5, 5.41) is -0.152. The van der Waals surface area contributed by atoms with Crippen LogP contribution in [0.4, 0.5) is 0 Å². The van der Waals surface area contributed by atoms with Gasteiger partial charge >= 0.3 is 0 Å². The molecule has 0 fully saturated rings. The highest BCUT2D eigenvalue weighted by atomic mass is 35.5. The molecule has 0 bridgehead atoms. The highest BCUT2D eigenvalue weighted by molar-refractivity contribution is 6.21. The topological polar surface area (TPSA) is 18.5 Å². The van der Waals surface area contributed by atoms with Crippen molar-refractivity contribution in [1.82, 2.24) is 0 Å². The zero-order valence-corrected chi connectivity index (χ0v) is 12.8. The number of benzene rings is 2. The Morgan fingerprint density at radius 1 is 1.05 bits per heavy atom. The van der Waals surface area contributed by atoms with Crippen molar-refractivity contribution >= 4 is 11.6 Å². The van der Waals surface area contributed by atoms with Crippen LogP contribution < -0.4 is 9.47 Å². The Morgan fingerprint density at radius 3 is 2.45 bits per heavy atom. The summed E-state index contributed by atoms with van der Waals surface area (Å²) < 4.78 is 10.7. The third kappa shape index (κ3) is 3.26. The van der Waals surface area contributed by atoms with E-state index in [9.17, 15) is 0 Å². The number of methoxy groups -OCH3 is 2. The van der Waals surface area contributed by atoms with Gasteiger partial charge in [0.15, 0.2) is 0 Å². The largest absolute Gasteiger partial charge is 0.497 e. The maximum Gasteiger partial charge on any atom is 0.123 e. The van der Waals surface area contributed by atoms with E-state index in [0.29, 0.717) is 0 Å². The molecular weight excluding hydrogens is 272 g/mol. The van der Waals surface area contributed by atoms with Crippen LogP contribution in [0.2, 0.25) is 0 Å². The van der Waals surface area contributed by atoms with E-state index in [1.165, 1.54) is 11.1 Å². The SMILES string of the molecule is COc1ccc(OC)c(C(Cl)Cc2ccccc2C)c1. The standard InChI is InChI=1S/C17H19ClO2/c1-12-6-4-5-7-13(12)10-16(18)15-11-14(19-2)8-9-17(15)20-3/h4-9,11,16H,10H2,1-3H3. The molecule has 2 aromatic carbocycles. The molecule has 2 nitrogen and oxygen atoms in total. The summed E-state index contributed by atoms with van der Waals surface area (Å²) in [5.41, 5.74) is 3.45. The van der Waals surface area contributed by atoms with Gasteiger partial charge in [0, 0.05) is 5.56 Å². The molecule has 0 amide bonds. The molecule has 0 spiro atoms. The second-order valence-electron chi connectivity index (χ2n) is 4.71. The van der Waals surface area contributed by atoms with Crippen molar-refractivity contribution in [3.63, 3.8) is 0 Å². The van der Waals surface area contributed by atoms with Crippen molar-refractivity contribution in [2.75, 3.05) is 14.2 Å². The Labute approximate surface area is 125 Å². The van der Waals surface area contributed by atoms with Crippen molar-refractivity contribution in [3.05, 3.63) is 59.2 Å². The first-order valence-corrected chi connectivity index (χ1v) is 7.00. The molecule has 106 valence electrons. The van der Waals surface area contributed by atoms with Gasteiger partial charge in [-0.25, -0.2) is 0 Å². The highest BCUT2D eigenvalue weighted by Crippen LogP contribution is 2.35. The molecule has 20 heavy (non-hydrogen) atoms. The summed E-state index contributed by atoms with van der Waals surface area (Å²) in [6.45, 7) is 2.10. The van der Waals surface area contributed by atoms with Crippen LogP contribution in [0.5, 0.6) is 11.5 Å². The first-order chi connectivity index (χ1) is 9.65. The zero-order valence-electron chi connectivity index (χ0n) is 12.0. The lowest BCUT2D eigenvalue weighted by Crippen LogP contribution is -2.01. The van der Waals surface area contributed by atoms with E-state index in [1.807, 2.05) is 30.3 Å². The molecular formula is C17H19ClO2. The summed E-state index contributed by atoms with van der Waals surface area (Å²) >= 11 is 6.59. The molecule has 0 aromatic heterocycles. The first-order valence-electron chi connectivity index (χ1n) is 6.56. The van der Waals surface area contributed by atoms with Gasteiger partial charge < -0.3 is 9.47 Å². The Hall–Kier alpha value is -1.67. The molecule has 0 aliphatic carbocycles. The number of rotatable bonds is 5. The molecule has 0 saturated carbocycles. The minimum absolute atomic E-state index is 0.152. The van der Waals surface area contributed by atoms with Crippen molar-refractivity contribution in [2.45, 2.75) is 18.7 Å². The Morgan fingerprint density at radius 2 is 1.80 bits per heavy atom. The van der Waals surface area contributed by atoms with Gasteiger partial charge in [-0.05, 0) is 42.7 Å². The van der Waals surface area contributed by atoms with Crippen LogP contribution in [0, 0.1) is 6.92 Å². The number of ether oxygens (including phenoxy) is 2. The van der Waals surface area contributed by atoms with Crippen LogP contribution in [0.1, 0.15) is 22.1 Å². The Bertz CT molecular complexity index is 581. The molecule has 0 saturated heterocycles. The van der Waals surface area contributed by atoms with Gasteiger partial charge in [-0.2, -0.15) is 0 Å². The average molecular weight is 291 g/mol. The number of halogens is 1. The molecule has 0 N–H and O–H groups in total. The van der Waals surface area contributed by atoms with Gasteiger partial charge in [0.05, 0.1) is 19.6 Å². The molecule has 0 heterocycles. The summed E-state index contributed by atoms with van der Waals surface area (Å²) in [6.07, 6.45) is 0.762. The summed E-state index contributed by atoms with van der Waals surface area (Å²) in [7, 11) is 3.30. The molecule has 3 heteroatoms. The van der Waals surface area contributed by atoms with Crippen molar-refractivity contribution in [3.8, 4) is 11.5 Å². The fraction of sp³-hybridized carbons (Fsp3) is 0.294. The van der Waals surface area contributed by atoms with Crippen LogP contribution in [0.25, 0.3) is 0 Å². The van der Waals surface area contributed by atoms with Gasteiger partial charge in [0.25, 0.3) is 0 Å². The second-order valence-corrected chi connectivity index (χ2v) is 5.23. The monoisotopic (exact) mass is 290 g/mol. The van der Waals surface area contributed by atoms with Crippen molar-refractivity contribution in [2.24, 2.45) is 0 Å². The first kappa shape index (κ1) is 14.7. The summed E-state index contributed by atoms with van der Waals surface area (Å²) in [5.74, 6) is 1.58. The van der Waals surface area contributed by atoms with Gasteiger partial charge in [-0.1, -0.05) is 24.3 Å². The number of hydrogen-bond acceptors (Lipinski definition) is 2. The summed E-state index contributed by atoms with van der Waals surface area (Å²) in [6, 6.07) is 14.0. The lowest BCUT2D eigenvalue weighted by Gasteiger charge is -2.16. The zero-order chi connectivity index (χ0) is 14.5. The van der Waals surface area contributed by atoms with E-state index < -0.39 is 0 Å². The highest BCUT2D eigenvalue weighted by Gasteiger charge is 2.16. The van der Waals surface area contributed by atoms with Crippen LogP contribution >= 0.6 is 11.6 Å². The number of alkyl halides is 1. The molecule has 1 atom stereocenters. The maximum atomic E-state index is 6.59. The molecule has 2 rings (SSSR count). The van der Waals surface area contributed by atoms with E-state index in [2.05, 4.69) is 19.1 Å². The third-order valence-corrected chi connectivity index (χ3v) is 3.82. The molecule has 0 radical (unpaired) electrons. The molecule has 2 aromatic rings. The third-order valence-electron chi connectivity index (χ3n) is 3.43. The van der Waals surface area contributed by atoms with E-state index >= 15 is 0 Å². The number of aryl methyl sites for hydroxylation is 1. The van der Waals surface area contributed by atoms with Crippen LogP contribution in [-0.4, -0.2) is 14.2 Å². The quantitative estimate of drug-likeness (QED) is 0.753. The Kier molecular flexibility index (Phi) is 4.91. The smallest absolute Gasteiger partial charge is 0.123 e. The Balaban J connectivity index is 2.28. The molecule has 0 aliphatic heterocycles. The molecule has 1 unspecified atom stereocenters. The normalized spacial score (nSPS) is 12.0. The minimum Gasteiger partial charge on any atom is -0.497 e. The predicted octanol–water partition coefficient (Wildman–Crippen LogP) is 4.53. The van der Waals surface area contributed by atoms with E-state index in [4.69, 9.17) is 21.1 Å². The van der Waals surface area contributed by atoms with Crippen LogP contribution in [-0.2, 0) is 6.42 Å². The predicted molar refractivity (Wildman–Crippen MR) is 83.0 cm³/mol. The van der Waals surface area contributed by atoms with Crippen LogP contribution in [0.15, 0.2) is 42.5 Å². The van der Waals surface area contributed by atoms with Gasteiger partial charge in [0.1, 0.15) is 11.5 Å². The van der Waals surface area contributed by atoms with Gasteiger partial charge in [0.2, 0.25) is 0 Å². The van der Waals surface area contributed by atoms with Crippen molar-refractivity contribution in [1.29, 1.82) is 0 Å². The van der Waals surface area contributed by atoms with E-state index in [1.54, 1.807) is 14.2 Å². The van der Waals surface area contributed by atoms with Gasteiger partial charge in [-0.3, -0.25) is 0 Å². The van der Waals surface area contributed by atoms with Crippen LogP contribution in [0.3, 0.4) is 0 Å². The summed E-state index contributed by atoms with van der Waals surface area (Å²) in [4.78, 5) is 0. The fourth-order valence-corrected chi connectivity index (χ4v) is 2.56. The van der Waals surface area contributed by atoms with E-state index in [-0.39, 0.29) is 5.38 Å². The van der Waals surface area contributed by atoms with E-state index in [0.717, 1.165) is 23.5 Å². The van der Waals surface area contributed by atoms with Gasteiger partial charge in [-0.15, -0.1) is 11.6 Å². The molecule has 0 aliphatic rings. The average Bonchev–Trinajstić information content (AvgIpc) is 2.48. The maximum absolute atomic E-state index is 6.59.